The van der Waals surface area contributed by atoms with E-state index in [0.29, 0.717) is 12.3 Å². The third-order valence-electron chi connectivity index (χ3n) is 4.38. The minimum atomic E-state index is 0.272. The quantitative estimate of drug-likeness (QED) is 0.880. The average Bonchev–Trinajstić information content (AvgIpc) is 3.03. The molecule has 0 unspecified atom stereocenters. The van der Waals surface area contributed by atoms with Crippen molar-refractivity contribution >= 4 is 22.9 Å². The zero-order valence-corrected chi connectivity index (χ0v) is 13.5. The second kappa shape index (κ2) is 6.97. The van der Waals surface area contributed by atoms with E-state index in [-0.39, 0.29) is 5.91 Å². The predicted octanol–water partition coefficient (Wildman–Crippen LogP) is 3.35. The summed E-state index contributed by atoms with van der Waals surface area (Å²) in [5.74, 6) is 0.947. The van der Waals surface area contributed by atoms with Crippen molar-refractivity contribution in [3.05, 3.63) is 52.2 Å². The Balaban J connectivity index is 1.47. The van der Waals surface area contributed by atoms with Crippen molar-refractivity contribution in [2.75, 3.05) is 18.8 Å². The summed E-state index contributed by atoms with van der Waals surface area (Å²) in [7, 11) is 0. The number of hydrogen-bond donors (Lipinski definition) is 1. The number of carbonyl (C=O) groups is 1. The Morgan fingerprint density at radius 2 is 1.91 bits per heavy atom. The molecule has 0 aliphatic carbocycles. The molecule has 3 rings (SSSR count). The van der Waals surface area contributed by atoms with Crippen LogP contribution in [0.25, 0.3) is 0 Å². The van der Waals surface area contributed by atoms with Crippen LogP contribution in [0.5, 0.6) is 0 Å². The highest BCUT2D eigenvalue weighted by Gasteiger charge is 2.23. The minimum Gasteiger partial charge on any atom is -0.399 e. The van der Waals surface area contributed by atoms with E-state index in [9.17, 15) is 4.79 Å². The largest absolute Gasteiger partial charge is 0.399 e. The molecule has 1 amide bonds. The highest BCUT2D eigenvalue weighted by Crippen LogP contribution is 2.23. The summed E-state index contributed by atoms with van der Waals surface area (Å²) in [6.07, 6.45) is 3.84. The molecule has 2 aromatic rings. The molecule has 2 N–H and O–H groups in total. The minimum absolute atomic E-state index is 0.272. The molecular formula is C18H22N2OS. The van der Waals surface area contributed by atoms with Crippen LogP contribution in [0.3, 0.4) is 0 Å². The van der Waals surface area contributed by atoms with Gasteiger partial charge in [-0.3, -0.25) is 4.79 Å². The van der Waals surface area contributed by atoms with Crippen LogP contribution in [0.15, 0.2) is 41.8 Å². The molecule has 1 fully saturated rings. The Morgan fingerprint density at radius 1 is 1.18 bits per heavy atom. The van der Waals surface area contributed by atoms with E-state index in [1.165, 1.54) is 5.56 Å². The molecule has 1 aliphatic heterocycles. The van der Waals surface area contributed by atoms with Crippen molar-refractivity contribution in [2.45, 2.75) is 25.7 Å². The number of nitrogen functional groups attached to an aromatic ring is 1. The first-order valence-corrected chi connectivity index (χ1v) is 8.73. The molecule has 0 saturated carbocycles. The summed E-state index contributed by atoms with van der Waals surface area (Å²) in [5.41, 5.74) is 7.89. The summed E-state index contributed by atoms with van der Waals surface area (Å²) >= 11 is 1.66. The maximum Gasteiger partial charge on any atom is 0.227 e. The first-order chi connectivity index (χ1) is 10.7. The Labute approximate surface area is 135 Å². The summed E-state index contributed by atoms with van der Waals surface area (Å²) < 4.78 is 0. The third kappa shape index (κ3) is 3.89. The lowest BCUT2D eigenvalue weighted by molar-refractivity contribution is -0.131. The number of hydrogen-bond acceptors (Lipinski definition) is 3. The number of piperidine rings is 1. The molecular weight excluding hydrogens is 292 g/mol. The predicted molar refractivity (Wildman–Crippen MR) is 91.9 cm³/mol. The molecule has 0 spiro atoms. The standard InChI is InChI=1S/C18H22N2OS/c19-16-5-3-14(4-6-16)12-15-7-9-20(10-8-15)18(21)13-17-2-1-11-22-17/h1-6,11,15H,7-10,12-13,19H2. The van der Waals surface area contributed by atoms with Gasteiger partial charge in [0, 0.05) is 23.7 Å². The van der Waals surface area contributed by atoms with Gasteiger partial charge in [0.1, 0.15) is 0 Å². The Kier molecular flexibility index (Phi) is 4.78. The van der Waals surface area contributed by atoms with E-state index in [1.54, 1.807) is 11.3 Å². The van der Waals surface area contributed by atoms with Gasteiger partial charge in [0.25, 0.3) is 0 Å². The molecule has 1 aliphatic rings. The number of amides is 1. The Morgan fingerprint density at radius 3 is 2.55 bits per heavy atom. The van der Waals surface area contributed by atoms with Crippen molar-refractivity contribution in [1.82, 2.24) is 4.90 Å². The number of benzene rings is 1. The Hall–Kier alpha value is -1.81. The lowest BCUT2D eigenvalue weighted by atomic mass is 9.90. The van der Waals surface area contributed by atoms with Gasteiger partial charge in [-0.15, -0.1) is 11.3 Å². The molecule has 116 valence electrons. The molecule has 0 atom stereocenters. The molecule has 1 saturated heterocycles. The average molecular weight is 314 g/mol. The number of likely N-dealkylation sites (tertiary alicyclic amines) is 1. The van der Waals surface area contributed by atoms with E-state index < -0.39 is 0 Å². The van der Waals surface area contributed by atoms with Gasteiger partial charge in [-0.1, -0.05) is 18.2 Å². The van der Waals surface area contributed by atoms with Gasteiger partial charge in [-0.05, 0) is 54.3 Å². The number of anilines is 1. The highest BCUT2D eigenvalue weighted by molar-refractivity contribution is 7.10. The number of carbonyl (C=O) groups excluding carboxylic acids is 1. The van der Waals surface area contributed by atoms with Crippen LogP contribution in [0.4, 0.5) is 5.69 Å². The number of nitrogens with zero attached hydrogens (tertiary/aromatic N) is 1. The number of thiophene rings is 1. The maximum atomic E-state index is 12.3. The monoisotopic (exact) mass is 314 g/mol. The van der Waals surface area contributed by atoms with E-state index in [1.807, 2.05) is 34.5 Å². The molecule has 1 aromatic carbocycles. The first kappa shape index (κ1) is 15.1. The first-order valence-electron chi connectivity index (χ1n) is 7.85. The second-order valence-electron chi connectivity index (χ2n) is 6.03. The summed E-state index contributed by atoms with van der Waals surface area (Å²) in [6, 6.07) is 12.2. The SMILES string of the molecule is Nc1ccc(CC2CCN(C(=O)Cc3cccs3)CC2)cc1. The summed E-state index contributed by atoms with van der Waals surface area (Å²) in [4.78, 5) is 15.5. The zero-order valence-electron chi connectivity index (χ0n) is 12.7. The van der Waals surface area contributed by atoms with Gasteiger partial charge in [0.2, 0.25) is 5.91 Å². The van der Waals surface area contributed by atoms with Crippen LogP contribution in [0.1, 0.15) is 23.3 Å². The van der Waals surface area contributed by atoms with Crippen molar-refractivity contribution < 1.29 is 4.79 Å². The van der Waals surface area contributed by atoms with Gasteiger partial charge in [0.15, 0.2) is 0 Å². The van der Waals surface area contributed by atoms with E-state index >= 15 is 0 Å². The van der Waals surface area contributed by atoms with Gasteiger partial charge in [0.05, 0.1) is 6.42 Å². The molecule has 22 heavy (non-hydrogen) atoms. The highest BCUT2D eigenvalue weighted by atomic mass is 32.1. The van der Waals surface area contributed by atoms with Crippen LogP contribution in [0.2, 0.25) is 0 Å². The summed E-state index contributed by atoms with van der Waals surface area (Å²) in [6.45, 7) is 1.79. The van der Waals surface area contributed by atoms with E-state index in [2.05, 4.69) is 12.1 Å². The lowest BCUT2D eigenvalue weighted by Gasteiger charge is -2.32. The van der Waals surface area contributed by atoms with E-state index in [4.69, 9.17) is 5.73 Å². The van der Waals surface area contributed by atoms with Crippen LogP contribution in [-0.4, -0.2) is 23.9 Å². The molecule has 4 heteroatoms. The molecule has 0 bridgehead atoms. The van der Waals surface area contributed by atoms with Crippen LogP contribution < -0.4 is 5.73 Å². The van der Waals surface area contributed by atoms with Crippen LogP contribution in [-0.2, 0) is 17.6 Å². The zero-order chi connectivity index (χ0) is 15.4. The van der Waals surface area contributed by atoms with Crippen molar-refractivity contribution in [3.63, 3.8) is 0 Å². The lowest BCUT2D eigenvalue weighted by Crippen LogP contribution is -2.39. The van der Waals surface area contributed by atoms with Crippen molar-refractivity contribution in [1.29, 1.82) is 0 Å². The van der Waals surface area contributed by atoms with Crippen LogP contribution in [0, 0.1) is 5.92 Å². The maximum absolute atomic E-state index is 12.3. The fourth-order valence-corrected chi connectivity index (χ4v) is 3.74. The molecule has 2 heterocycles. The number of nitrogens with two attached hydrogens (primary N) is 1. The van der Waals surface area contributed by atoms with Gasteiger partial charge < -0.3 is 10.6 Å². The van der Waals surface area contributed by atoms with Crippen molar-refractivity contribution in [2.24, 2.45) is 5.92 Å². The van der Waals surface area contributed by atoms with Crippen LogP contribution >= 0.6 is 11.3 Å². The molecule has 3 nitrogen and oxygen atoms in total. The second-order valence-corrected chi connectivity index (χ2v) is 7.06. The normalized spacial score (nSPS) is 15.9. The summed E-state index contributed by atoms with van der Waals surface area (Å²) in [5, 5.41) is 2.03. The fourth-order valence-electron chi connectivity index (χ4n) is 3.05. The smallest absolute Gasteiger partial charge is 0.227 e. The molecule has 1 aromatic heterocycles. The van der Waals surface area contributed by atoms with Gasteiger partial charge in [-0.2, -0.15) is 0 Å². The Bertz CT molecular complexity index is 599. The van der Waals surface area contributed by atoms with Gasteiger partial charge in [-0.25, -0.2) is 0 Å². The third-order valence-corrected chi connectivity index (χ3v) is 5.25. The van der Waals surface area contributed by atoms with Crippen molar-refractivity contribution in [3.8, 4) is 0 Å². The van der Waals surface area contributed by atoms with Gasteiger partial charge >= 0.3 is 0 Å². The topological polar surface area (TPSA) is 46.3 Å². The van der Waals surface area contributed by atoms with E-state index in [0.717, 1.165) is 42.9 Å². The fraction of sp³-hybridized carbons (Fsp3) is 0.389. The number of rotatable bonds is 4. The molecule has 0 radical (unpaired) electrons.